The summed E-state index contributed by atoms with van der Waals surface area (Å²) in [6.45, 7) is 4.10. The van der Waals surface area contributed by atoms with Crippen molar-refractivity contribution >= 4 is 31.5 Å². The van der Waals surface area contributed by atoms with Gasteiger partial charge >= 0.3 is 0 Å². The number of aryl methyl sites for hydroxylation is 2. The van der Waals surface area contributed by atoms with Crippen LogP contribution in [0.3, 0.4) is 0 Å². The molecule has 6 aromatic rings. The first kappa shape index (κ1) is 24.0. The van der Waals surface area contributed by atoms with E-state index in [9.17, 15) is 0 Å². The van der Waals surface area contributed by atoms with Crippen molar-refractivity contribution < 1.29 is 20.1 Å². The maximum Gasteiger partial charge on any atom is 0.0239 e. The largest absolute Gasteiger partial charge is 0.305 e. The molecule has 169 valence electrons. The molecule has 0 bridgehead atoms. The second kappa shape index (κ2) is 10.8. The summed E-state index contributed by atoms with van der Waals surface area (Å²) in [5.74, 6) is 0. The number of nitrogens with zero attached hydrogens (tertiary/aromatic N) is 2. The first-order chi connectivity index (χ1) is 16.2. The number of rotatable bonds is 2. The molecule has 0 aliphatic carbocycles. The minimum absolute atomic E-state index is 0. The van der Waals surface area contributed by atoms with E-state index in [4.69, 9.17) is 0 Å². The van der Waals surface area contributed by atoms with Gasteiger partial charge in [0.2, 0.25) is 0 Å². The van der Waals surface area contributed by atoms with E-state index >= 15 is 0 Å². The molecule has 0 spiro atoms. The van der Waals surface area contributed by atoms with Crippen LogP contribution in [0.15, 0.2) is 97.3 Å². The summed E-state index contributed by atoms with van der Waals surface area (Å²) in [7, 11) is 0. The SMILES string of the molecule is Cc1c[c-]c(-c2ccc(C)cn2)cc1.[Ir].[c-]1ccc2c(sc3ccccc32)c1-c1ccccn1. The van der Waals surface area contributed by atoms with Crippen LogP contribution in [0.2, 0.25) is 0 Å². The molecule has 0 saturated carbocycles. The Morgan fingerprint density at radius 2 is 1.53 bits per heavy atom. The van der Waals surface area contributed by atoms with Crippen LogP contribution in [0.25, 0.3) is 42.7 Å². The number of benzene rings is 3. The Bertz CT molecular complexity index is 1460. The first-order valence-electron chi connectivity index (χ1n) is 10.8. The van der Waals surface area contributed by atoms with E-state index in [1.165, 1.54) is 31.3 Å². The number of thiophene rings is 1. The molecule has 6 rings (SSSR count). The average Bonchev–Trinajstić information content (AvgIpc) is 3.25. The van der Waals surface area contributed by atoms with Crippen LogP contribution < -0.4 is 0 Å². The Morgan fingerprint density at radius 3 is 2.26 bits per heavy atom. The van der Waals surface area contributed by atoms with Crippen molar-refractivity contribution in [1.29, 1.82) is 0 Å². The zero-order valence-corrected chi connectivity index (χ0v) is 22.1. The zero-order chi connectivity index (χ0) is 22.6. The van der Waals surface area contributed by atoms with Crippen molar-refractivity contribution in [3.63, 3.8) is 0 Å². The molecule has 0 atom stereocenters. The van der Waals surface area contributed by atoms with Crippen molar-refractivity contribution in [2.45, 2.75) is 13.8 Å². The van der Waals surface area contributed by atoms with E-state index < -0.39 is 0 Å². The molecule has 3 heterocycles. The van der Waals surface area contributed by atoms with Gasteiger partial charge in [-0.1, -0.05) is 54.8 Å². The van der Waals surface area contributed by atoms with Gasteiger partial charge < -0.3 is 9.97 Å². The average molecular weight is 635 g/mol. The van der Waals surface area contributed by atoms with Crippen LogP contribution in [-0.4, -0.2) is 9.97 Å². The van der Waals surface area contributed by atoms with Crippen molar-refractivity contribution in [3.8, 4) is 22.5 Å². The molecule has 3 aromatic heterocycles. The van der Waals surface area contributed by atoms with Crippen LogP contribution in [0, 0.1) is 26.0 Å². The van der Waals surface area contributed by atoms with Crippen LogP contribution in [0.5, 0.6) is 0 Å². The summed E-state index contributed by atoms with van der Waals surface area (Å²) in [5.41, 5.74) is 6.52. The van der Waals surface area contributed by atoms with Crippen molar-refractivity contribution in [2.24, 2.45) is 0 Å². The summed E-state index contributed by atoms with van der Waals surface area (Å²) in [4.78, 5) is 8.79. The van der Waals surface area contributed by atoms with Crippen LogP contribution in [0.4, 0.5) is 0 Å². The van der Waals surface area contributed by atoms with Gasteiger partial charge in [0.25, 0.3) is 0 Å². The minimum atomic E-state index is 0. The fraction of sp³-hybridized carbons (Fsp3) is 0.0667. The summed E-state index contributed by atoms with van der Waals surface area (Å²) in [6, 6.07) is 35.4. The topological polar surface area (TPSA) is 25.8 Å². The van der Waals surface area contributed by atoms with Gasteiger partial charge in [-0.15, -0.1) is 59.2 Å². The normalized spacial score (nSPS) is 10.4. The van der Waals surface area contributed by atoms with Crippen LogP contribution in [0.1, 0.15) is 11.1 Å². The van der Waals surface area contributed by atoms with E-state index in [1.807, 2.05) is 73.1 Å². The second-order valence-corrected chi connectivity index (χ2v) is 8.96. The standard InChI is InChI=1S/C17H10NS.C13H12N.Ir/c1-2-10-16-12(6-1)13-7-5-8-14(17(13)19-16)15-9-3-4-11-18-15;1-10-3-6-12(7-4-10)13-8-5-11(2)9-14-13;/h1-7,9-11H;3-6,8-9H,1-2H3;/q2*-1;. The Hall–Kier alpha value is -3.17. The Kier molecular flexibility index (Phi) is 7.64. The van der Waals surface area contributed by atoms with Crippen molar-refractivity contribution in [2.75, 3.05) is 0 Å². The molecule has 0 aliphatic rings. The number of hydrogen-bond acceptors (Lipinski definition) is 3. The Morgan fingerprint density at radius 1 is 0.706 bits per heavy atom. The van der Waals surface area contributed by atoms with Crippen LogP contribution in [-0.2, 0) is 20.1 Å². The van der Waals surface area contributed by atoms with Gasteiger partial charge in [-0.25, -0.2) is 0 Å². The Labute approximate surface area is 217 Å². The summed E-state index contributed by atoms with van der Waals surface area (Å²) >= 11 is 1.81. The molecule has 0 saturated heterocycles. The molecule has 4 heteroatoms. The van der Waals surface area contributed by atoms with Gasteiger partial charge in [0.05, 0.1) is 0 Å². The predicted molar refractivity (Wildman–Crippen MR) is 139 cm³/mol. The van der Waals surface area contributed by atoms with E-state index in [-0.39, 0.29) is 20.1 Å². The number of aromatic nitrogens is 2. The fourth-order valence-electron chi connectivity index (χ4n) is 3.68. The molecular weight excluding hydrogens is 613 g/mol. The van der Waals surface area contributed by atoms with Crippen LogP contribution >= 0.6 is 11.3 Å². The fourth-order valence-corrected chi connectivity index (χ4v) is 4.89. The molecule has 2 nitrogen and oxygen atoms in total. The van der Waals surface area contributed by atoms with E-state index in [0.29, 0.717) is 0 Å². The molecule has 1 radical (unpaired) electrons. The van der Waals surface area contributed by atoms with Gasteiger partial charge in [0.1, 0.15) is 0 Å². The Balaban J connectivity index is 0.000000164. The summed E-state index contributed by atoms with van der Waals surface area (Å²) in [6.07, 6.45) is 3.71. The molecule has 0 fully saturated rings. The molecule has 0 aliphatic heterocycles. The molecule has 0 unspecified atom stereocenters. The zero-order valence-electron chi connectivity index (χ0n) is 18.9. The van der Waals surface area contributed by atoms with E-state index in [0.717, 1.165) is 22.5 Å². The van der Waals surface area contributed by atoms with Gasteiger partial charge in [-0.05, 0) is 46.1 Å². The molecule has 0 amide bonds. The smallest absolute Gasteiger partial charge is 0.0239 e. The molecule has 3 aromatic carbocycles. The second-order valence-electron chi connectivity index (χ2n) is 7.91. The summed E-state index contributed by atoms with van der Waals surface area (Å²) in [5, 5.41) is 2.61. The third kappa shape index (κ3) is 5.15. The third-order valence-corrected chi connectivity index (χ3v) is 6.62. The minimum Gasteiger partial charge on any atom is -0.305 e. The number of hydrogen-bond donors (Lipinski definition) is 0. The van der Waals surface area contributed by atoms with Crippen molar-refractivity contribution in [1.82, 2.24) is 9.97 Å². The molecular formula is C30H22IrN2S-2. The number of fused-ring (bicyclic) bond motifs is 3. The van der Waals surface area contributed by atoms with E-state index in [2.05, 4.69) is 71.5 Å². The molecule has 0 N–H and O–H groups in total. The van der Waals surface area contributed by atoms with Gasteiger partial charge in [-0.2, -0.15) is 11.3 Å². The monoisotopic (exact) mass is 635 g/mol. The maximum absolute atomic E-state index is 4.44. The van der Waals surface area contributed by atoms with Gasteiger partial charge in [0, 0.05) is 37.2 Å². The van der Waals surface area contributed by atoms with Gasteiger partial charge in [0.15, 0.2) is 0 Å². The molecule has 34 heavy (non-hydrogen) atoms. The van der Waals surface area contributed by atoms with E-state index in [1.54, 1.807) is 0 Å². The quantitative estimate of drug-likeness (QED) is 0.180. The maximum atomic E-state index is 4.44. The van der Waals surface area contributed by atoms with Gasteiger partial charge in [-0.3, -0.25) is 0 Å². The van der Waals surface area contributed by atoms with Crippen molar-refractivity contribution in [3.05, 3.63) is 121 Å². The summed E-state index contributed by atoms with van der Waals surface area (Å²) < 4.78 is 2.58. The first-order valence-corrected chi connectivity index (χ1v) is 11.7. The number of pyridine rings is 2. The predicted octanol–water partition coefficient (Wildman–Crippen LogP) is 8.08. The third-order valence-electron chi connectivity index (χ3n) is 5.42.